The quantitative estimate of drug-likeness (QED) is 0.465. The average molecular weight is 427 g/mol. The first-order valence-electron chi connectivity index (χ1n) is 9.56. The van der Waals surface area contributed by atoms with Gasteiger partial charge in [0.15, 0.2) is 5.65 Å². The zero-order chi connectivity index (χ0) is 21.6. The van der Waals surface area contributed by atoms with E-state index in [2.05, 4.69) is 4.98 Å². The van der Waals surface area contributed by atoms with Crippen LogP contribution in [-0.2, 0) is 10.0 Å². The van der Waals surface area contributed by atoms with Crippen molar-refractivity contribution >= 4 is 37.7 Å². The molecule has 0 aliphatic rings. The van der Waals surface area contributed by atoms with Gasteiger partial charge in [0.2, 0.25) is 5.91 Å². The molecule has 0 unspecified atom stereocenters. The summed E-state index contributed by atoms with van der Waals surface area (Å²) >= 11 is 0. The number of carbonyl (C=O) groups excluding carboxylic acids is 1. The van der Waals surface area contributed by atoms with E-state index in [-0.39, 0.29) is 4.90 Å². The van der Waals surface area contributed by atoms with Crippen molar-refractivity contribution in [3.8, 4) is 11.1 Å². The van der Waals surface area contributed by atoms with Crippen LogP contribution in [0.1, 0.15) is 10.4 Å². The number of rotatable bonds is 4. The molecule has 152 valence electrons. The Morgan fingerprint density at radius 3 is 2.45 bits per heavy atom. The maximum atomic E-state index is 13.3. The molecule has 31 heavy (non-hydrogen) atoms. The van der Waals surface area contributed by atoms with Gasteiger partial charge in [-0.3, -0.25) is 4.79 Å². The second-order valence-electron chi connectivity index (χ2n) is 7.14. The van der Waals surface area contributed by atoms with E-state index in [4.69, 9.17) is 5.73 Å². The lowest BCUT2D eigenvalue weighted by Crippen LogP contribution is -2.12. The first kappa shape index (κ1) is 19.0. The molecule has 0 aliphatic carbocycles. The van der Waals surface area contributed by atoms with Crippen molar-refractivity contribution in [2.45, 2.75) is 4.90 Å². The monoisotopic (exact) mass is 427 g/mol. The number of carbonyl (C=O) groups is 1. The number of pyridine rings is 1. The van der Waals surface area contributed by atoms with E-state index in [1.165, 1.54) is 3.97 Å². The Labute approximate surface area is 178 Å². The van der Waals surface area contributed by atoms with E-state index >= 15 is 0 Å². The van der Waals surface area contributed by atoms with Gasteiger partial charge in [0, 0.05) is 28.9 Å². The van der Waals surface area contributed by atoms with Gasteiger partial charge < -0.3 is 5.73 Å². The number of nitrogens with two attached hydrogens (primary N) is 1. The highest BCUT2D eigenvalue weighted by Crippen LogP contribution is 2.34. The van der Waals surface area contributed by atoms with Crippen LogP contribution >= 0.6 is 0 Å². The topological polar surface area (TPSA) is 95.0 Å². The largest absolute Gasteiger partial charge is 0.366 e. The van der Waals surface area contributed by atoms with Crippen LogP contribution < -0.4 is 5.73 Å². The number of hydrogen-bond donors (Lipinski definition) is 1. The van der Waals surface area contributed by atoms with Gasteiger partial charge in [0.1, 0.15) is 0 Å². The SMILES string of the molecule is NC(=O)c1cccc2ccc(-c3cn(S(=O)(=O)c4ccccc4)c4ncccc34)cc12. The van der Waals surface area contributed by atoms with Gasteiger partial charge in [-0.05, 0) is 52.7 Å². The number of fused-ring (bicyclic) bond motifs is 2. The predicted octanol–water partition coefficient (Wildman–Crippen LogP) is 4.19. The number of hydrogen-bond acceptors (Lipinski definition) is 4. The molecule has 5 aromatic rings. The molecule has 2 aromatic heterocycles. The van der Waals surface area contributed by atoms with Crippen molar-refractivity contribution in [1.29, 1.82) is 0 Å². The second kappa shape index (κ2) is 7.07. The smallest absolute Gasteiger partial charge is 0.269 e. The molecular weight excluding hydrogens is 410 g/mol. The molecule has 0 spiro atoms. The zero-order valence-corrected chi connectivity index (χ0v) is 17.1. The summed E-state index contributed by atoms with van der Waals surface area (Å²) in [4.78, 5) is 16.4. The lowest BCUT2D eigenvalue weighted by molar-refractivity contribution is 0.100. The van der Waals surface area contributed by atoms with E-state index in [1.807, 2.05) is 30.3 Å². The Bertz CT molecular complexity index is 1570. The third kappa shape index (κ3) is 3.06. The molecule has 5 rings (SSSR count). The van der Waals surface area contributed by atoms with Crippen LogP contribution in [0.3, 0.4) is 0 Å². The van der Waals surface area contributed by atoms with Crippen molar-refractivity contribution in [2.24, 2.45) is 5.73 Å². The molecule has 2 heterocycles. The van der Waals surface area contributed by atoms with E-state index < -0.39 is 15.9 Å². The normalized spacial score (nSPS) is 11.7. The maximum Gasteiger partial charge on any atom is 0.269 e. The molecule has 0 saturated carbocycles. The minimum atomic E-state index is -3.84. The van der Waals surface area contributed by atoms with Crippen LogP contribution in [0.15, 0.2) is 96.2 Å². The molecular formula is C24H17N3O3S. The molecule has 3 aromatic carbocycles. The summed E-state index contributed by atoms with van der Waals surface area (Å²) in [7, 11) is -3.84. The first-order valence-corrected chi connectivity index (χ1v) is 11.0. The van der Waals surface area contributed by atoms with Gasteiger partial charge in [0.25, 0.3) is 10.0 Å². The van der Waals surface area contributed by atoms with Gasteiger partial charge in [-0.25, -0.2) is 17.4 Å². The van der Waals surface area contributed by atoms with Crippen LogP contribution in [0.5, 0.6) is 0 Å². The van der Waals surface area contributed by atoms with Crippen molar-refractivity contribution in [1.82, 2.24) is 8.96 Å². The van der Waals surface area contributed by atoms with Crippen LogP contribution in [0, 0.1) is 0 Å². The van der Waals surface area contributed by atoms with Gasteiger partial charge in [-0.15, -0.1) is 0 Å². The maximum absolute atomic E-state index is 13.3. The Balaban J connectivity index is 1.78. The standard InChI is InChI=1S/C24H17N3O3S/c25-23(28)19-9-4-6-16-11-12-17(14-21(16)19)22-15-27(24-20(22)10-5-13-26-24)31(29,30)18-7-2-1-3-8-18/h1-15H,(H2,25,28). The molecule has 2 N–H and O–H groups in total. The van der Waals surface area contributed by atoms with Crippen LogP contribution in [-0.4, -0.2) is 23.3 Å². The predicted molar refractivity (Wildman–Crippen MR) is 120 cm³/mol. The number of amides is 1. The fourth-order valence-electron chi connectivity index (χ4n) is 3.81. The molecule has 7 heteroatoms. The average Bonchev–Trinajstić information content (AvgIpc) is 3.19. The molecule has 0 atom stereocenters. The Hall–Kier alpha value is -3.97. The van der Waals surface area contributed by atoms with Crippen molar-refractivity contribution in [3.05, 3.63) is 96.8 Å². The second-order valence-corrected chi connectivity index (χ2v) is 8.95. The summed E-state index contributed by atoms with van der Waals surface area (Å²) in [5.74, 6) is -0.515. The number of primary amides is 1. The van der Waals surface area contributed by atoms with Gasteiger partial charge in [0.05, 0.1) is 4.90 Å². The molecule has 0 saturated heterocycles. The highest BCUT2D eigenvalue weighted by molar-refractivity contribution is 7.90. The zero-order valence-electron chi connectivity index (χ0n) is 16.3. The number of aromatic nitrogens is 2. The summed E-state index contributed by atoms with van der Waals surface area (Å²) in [6.07, 6.45) is 3.14. The number of benzene rings is 3. The fourth-order valence-corrected chi connectivity index (χ4v) is 5.15. The minimum absolute atomic E-state index is 0.179. The van der Waals surface area contributed by atoms with E-state index in [1.54, 1.807) is 60.9 Å². The molecule has 0 aliphatic heterocycles. The van der Waals surface area contributed by atoms with Crippen molar-refractivity contribution in [3.63, 3.8) is 0 Å². The Morgan fingerprint density at radius 1 is 0.871 bits per heavy atom. The summed E-state index contributed by atoms with van der Waals surface area (Å²) in [6.45, 7) is 0. The molecule has 0 fully saturated rings. The van der Waals surface area contributed by atoms with Crippen LogP contribution in [0.25, 0.3) is 32.9 Å². The summed E-state index contributed by atoms with van der Waals surface area (Å²) in [5, 5.41) is 2.28. The highest BCUT2D eigenvalue weighted by Gasteiger charge is 2.22. The lowest BCUT2D eigenvalue weighted by Gasteiger charge is -2.07. The third-order valence-corrected chi connectivity index (χ3v) is 6.95. The molecule has 0 radical (unpaired) electrons. The van der Waals surface area contributed by atoms with E-state index in [9.17, 15) is 13.2 Å². The minimum Gasteiger partial charge on any atom is -0.366 e. The Kier molecular flexibility index (Phi) is 4.34. The van der Waals surface area contributed by atoms with Crippen molar-refractivity contribution < 1.29 is 13.2 Å². The summed E-state index contributed by atoms with van der Waals surface area (Å²) in [5.41, 5.74) is 7.77. The van der Waals surface area contributed by atoms with Crippen LogP contribution in [0.4, 0.5) is 0 Å². The van der Waals surface area contributed by atoms with Crippen LogP contribution in [0.2, 0.25) is 0 Å². The first-order chi connectivity index (χ1) is 15.0. The van der Waals surface area contributed by atoms with Crippen molar-refractivity contribution in [2.75, 3.05) is 0 Å². The van der Waals surface area contributed by atoms with Gasteiger partial charge in [-0.2, -0.15) is 0 Å². The molecule has 6 nitrogen and oxygen atoms in total. The third-order valence-electron chi connectivity index (χ3n) is 5.29. The molecule has 0 bridgehead atoms. The van der Waals surface area contributed by atoms with Gasteiger partial charge in [-0.1, -0.05) is 42.5 Å². The summed E-state index contributed by atoms with van der Waals surface area (Å²) in [6, 6.07) is 22.8. The van der Waals surface area contributed by atoms with E-state index in [0.717, 1.165) is 10.9 Å². The van der Waals surface area contributed by atoms with E-state index in [0.29, 0.717) is 27.5 Å². The van der Waals surface area contributed by atoms with Gasteiger partial charge >= 0.3 is 0 Å². The molecule has 1 amide bonds. The fraction of sp³-hybridized carbons (Fsp3) is 0. The lowest BCUT2D eigenvalue weighted by atomic mass is 9.98. The Morgan fingerprint density at radius 2 is 1.68 bits per heavy atom. The highest BCUT2D eigenvalue weighted by atomic mass is 32.2. The summed E-state index contributed by atoms with van der Waals surface area (Å²) < 4.78 is 27.8. The number of nitrogens with zero attached hydrogens (tertiary/aromatic N) is 2.